The highest BCUT2D eigenvalue weighted by atomic mass is 16.5. The van der Waals surface area contributed by atoms with E-state index in [-0.39, 0.29) is 6.10 Å². The molecule has 0 fully saturated rings. The molecule has 5 heteroatoms. The van der Waals surface area contributed by atoms with E-state index in [9.17, 15) is 4.79 Å². The fourth-order valence-electron chi connectivity index (χ4n) is 1.01. The number of imidazole rings is 1. The first-order valence-electron chi connectivity index (χ1n) is 4.56. The van der Waals surface area contributed by atoms with Crippen LogP contribution in [0.5, 0.6) is 0 Å². The number of hydrogen-bond acceptors (Lipinski definition) is 4. The van der Waals surface area contributed by atoms with E-state index in [1.807, 2.05) is 0 Å². The van der Waals surface area contributed by atoms with Crippen LogP contribution < -0.4 is 5.73 Å². The SMILES string of the molecule is CC(C)OC(=O)c1cn(CCN)cn1. The lowest BCUT2D eigenvalue weighted by atomic mass is 10.4. The molecule has 1 aromatic rings. The molecule has 1 aromatic heterocycles. The highest BCUT2D eigenvalue weighted by Crippen LogP contribution is 2.01. The van der Waals surface area contributed by atoms with Gasteiger partial charge in [-0.1, -0.05) is 0 Å². The van der Waals surface area contributed by atoms with Gasteiger partial charge < -0.3 is 15.0 Å². The van der Waals surface area contributed by atoms with Crippen molar-refractivity contribution in [1.29, 1.82) is 0 Å². The third-order valence-corrected chi connectivity index (χ3v) is 1.57. The predicted molar refractivity (Wildman–Crippen MR) is 51.8 cm³/mol. The highest BCUT2D eigenvalue weighted by Gasteiger charge is 2.11. The largest absolute Gasteiger partial charge is 0.458 e. The molecule has 0 amide bonds. The van der Waals surface area contributed by atoms with Crippen molar-refractivity contribution in [3.63, 3.8) is 0 Å². The van der Waals surface area contributed by atoms with Gasteiger partial charge in [0, 0.05) is 19.3 Å². The van der Waals surface area contributed by atoms with Crippen LogP contribution in [0.4, 0.5) is 0 Å². The number of hydrogen-bond donors (Lipinski definition) is 1. The Kier molecular flexibility index (Phi) is 3.64. The second-order valence-corrected chi connectivity index (χ2v) is 3.24. The molecule has 0 saturated heterocycles. The molecule has 0 aliphatic heterocycles. The fourth-order valence-corrected chi connectivity index (χ4v) is 1.01. The Morgan fingerprint density at radius 2 is 2.43 bits per heavy atom. The first kappa shape index (κ1) is 10.7. The van der Waals surface area contributed by atoms with E-state index in [0.29, 0.717) is 18.8 Å². The van der Waals surface area contributed by atoms with Gasteiger partial charge in [0.2, 0.25) is 0 Å². The van der Waals surface area contributed by atoms with Gasteiger partial charge in [-0.15, -0.1) is 0 Å². The molecule has 0 aliphatic carbocycles. The van der Waals surface area contributed by atoms with Crippen molar-refractivity contribution >= 4 is 5.97 Å². The number of aromatic nitrogens is 2. The molecule has 78 valence electrons. The van der Waals surface area contributed by atoms with Crippen LogP contribution in [0.15, 0.2) is 12.5 Å². The number of esters is 1. The summed E-state index contributed by atoms with van der Waals surface area (Å²) < 4.78 is 6.74. The Balaban J connectivity index is 2.62. The van der Waals surface area contributed by atoms with Crippen LogP contribution in [0.25, 0.3) is 0 Å². The van der Waals surface area contributed by atoms with E-state index in [1.165, 1.54) is 0 Å². The number of carbonyl (C=O) groups excluding carboxylic acids is 1. The summed E-state index contributed by atoms with van der Waals surface area (Å²) >= 11 is 0. The van der Waals surface area contributed by atoms with Crippen molar-refractivity contribution in [2.24, 2.45) is 5.73 Å². The molecule has 1 rings (SSSR count). The van der Waals surface area contributed by atoms with Gasteiger partial charge >= 0.3 is 5.97 Å². The number of carbonyl (C=O) groups is 1. The molecule has 0 aromatic carbocycles. The molecule has 0 spiro atoms. The van der Waals surface area contributed by atoms with Crippen LogP contribution in [0, 0.1) is 0 Å². The summed E-state index contributed by atoms with van der Waals surface area (Å²) in [7, 11) is 0. The predicted octanol–water partition coefficient (Wildman–Crippen LogP) is 0.407. The van der Waals surface area contributed by atoms with Gasteiger partial charge in [0.15, 0.2) is 5.69 Å². The van der Waals surface area contributed by atoms with Crippen molar-refractivity contribution < 1.29 is 9.53 Å². The summed E-state index contributed by atoms with van der Waals surface area (Å²) in [5, 5.41) is 0. The first-order chi connectivity index (χ1) is 6.63. The van der Waals surface area contributed by atoms with Gasteiger partial charge in [0.1, 0.15) is 0 Å². The molecule has 0 atom stereocenters. The third-order valence-electron chi connectivity index (χ3n) is 1.57. The van der Waals surface area contributed by atoms with Crippen molar-refractivity contribution in [2.45, 2.75) is 26.5 Å². The molecule has 0 saturated carbocycles. The zero-order valence-corrected chi connectivity index (χ0v) is 8.43. The van der Waals surface area contributed by atoms with Crippen molar-refractivity contribution in [1.82, 2.24) is 9.55 Å². The van der Waals surface area contributed by atoms with E-state index >= 15 is 0 Å². The molecule has 5 nitrogen and oxygen atoms in total. The lowest BCUT2D eigenvalue weighted by molar-refractivity contribution is 0.0371. The molecule has 0 aliphatic rings. The molecule has 14 heavy (non-hydrogen) atoms. The van der Waals surface area contributed by atoms with Gasteiger partial charge in [-0.2, -0.15) is 0 Å². The monoisotopic (exact) mass is 197 g/mol. The maximum Gasteiger partial charge on any atom is 0.358 e. The van der Waals surface area contributed by atoms with E-state index < -0.39 is 5.97 Å². The van der Waals surface area contributed by atoms with Gasteiger partial charge in [0.05, 0.1) is 12.4 Å². The third kappa shape index (κ3) is 2.85. The van der Waals surface area contributed by atoms with E-state index in [0.717, 1.165) is 0 Å². The topological polar surface area (TPSA) is 70.1 Å². The summed E-state index contributed by atoms with van der Waals surface area (Å²) in [6.07, 6.45) is 3.09. The average Bonchev–Trinajstić information content (AvgIpc) is 2.52. The maximum atomic E-state index is 11.3. The van der Waals surface area contributed by atoms with E-state index in [1.54, 1.807) is 30.9 Å². The normalized spacial score (nSPS) is 10.6. The van der Waals surface area contributed by atoms with Gasteiger partial charge in [-0.25, -0.2) is 9.78 Å². The van der Waals surface area contributed by atoms with Gasteiger partial charge in [0.25, 0.3) is 0 Å². The van der Waals surface area contributed by atoms with Crippen LogP contribution >= 0.6 is 0 Å². The van der Waals surface area contributed by atoms with Crippen LogP contribution in [-0.2, 0) is 11.3 Å². The number of nitrogens with zero attached hydrogens (tertiary/aromatic N) is 2. The Labute approximate surface area is 82.9 Å². The van der Waals surface area contributed by atoms with Crippen LogP contribution in [0.3, 0.4) is 0 Å². The van der Waals surface area contributed by atoms with E-state index in [4.69, 9.17) is 10.5 Å². The second kappa shape index (κ2) is 4.76. The summed E-state index contributed by atoms with van der Waals surface area (Å²) in [4.78, 5) is 15.3. The minimum atomic E-state index is -0.393. The molecule has 0 bridgehead atoms. The van der Waals surface area contributed by atoms with Gasteiger partial charge in [-0.3, -0.25) is 0 Å². The second-order valence-electron chi connectivity index (χ2n) is 3.24. The lowest BCUT2D eigenvalue weighted by Gasteiger charge is -2.04. The number of rotatable bonds is 4. The molecular formula is C9H15N3O2. The van der Waals surface area contributed by atoms with Crippen LogP contribution in [-0.4, -0.2) is 28.2 Å². The lowest BCUT2D eigenvalue weighted by Crippen LogP contribution is -2.12. The maximum absolute atomic E-state index is 11.3. The standard InChI is InChI=1S/C9H15N3O2/c1-7(2)14-9(13)8-5-12(4-3-10)6-11-8/h5-7H,3-4,10H2,1-2H3. The first-order valence-corrected chi connectivity index (χ1v) is 4.56. The summed E-state index contributed by atoms with van der Waals surface area (Å²) in [5.74, 6) is -0.393. The smallest absolute Gasteiger partial charge is 0.358 e. The zero-order valence-electron chi connectivity index (χ0n) is 8.43. The van der Waals surface area contributed by atoms with Crippen molar-refractivity contribution in [2.75, 3.05) is 6.54 Å². The van der Waals surface area contributed by atoms with Crippen LogP contribution in [0.2, 0.25) is 0 Å². The highest BCUT2D eigenvalue weighted by molar-refractivity contribution is 5.87. The Morgan fingerprint density at radius 3 is 3.00 bits per heavy atom. The summed E-state index contributed by atoms with van der Waals surface area (Å²) in [6.45, 7) is 4.78. The molecule has 2 N–H and O–H groups in total. The molecule has 0 radical (unpaired) electrons. The minimum absolute atomic E-state index is 0.123. The number of ether oxygens (including phenoxy) is 1. The van der Waals surface area contributed by atoms with Crippen molar-refractivity contribution in [3.8, 4) is 0 Å². The Bertz CT molecular complexity index is 307. The fraction of sp³-hybridized carbons (Fsp3) is 0.556. The average molecular weight is 197 g/mol. The Morgan fingerprint density at radius 1 is 1.71 bits per heavy atom. The quantitative estimate of drug-likeness (QED) is 0.709. The minimum Gasteiger partial charge on any atom is -0.458 e. The van der Waals surface area contributed by atoms with Crippen molar-refractivity contribution in [3.05, 3.63) is 18.2 Å². The summed E-state index contributed by atoms with van der Waals surface area (Å²) in [6, 6.07) is 0. The number of nitrogens with two attached hydrogens (primary N) is 1. The van der Waals surface area contributed by atoms with E-state index in [2.05, 4.69) is 4.98 Å². The molecular weight excluding hydrogens is 182 g/mol. The Hall–Kier alpha value is -1.36. The van der Waals surface area contributed by atoms with Gasteiger partial charge in [-0.05, 0) is 13.8 Å². The zero-order chi connectivity index (χ0) is 10.6. The van der Waals surface area contributed by atoms with Crippen LogP contribution in [0.1, 0.15) is 24.3 Å². The molecule has 0 unspecified atom stereocenters. The summed E-state index contributed by atoms with van der Waals surface area (Å²) in [5.41, 5.74) is 5.69. The molecule has 1 heterocycles.